The molecule has 0 saturated carbocycles. The van der Waals surface area contributed by atoms with E-state index in [9.17, 15) is 17.6 Å². The Morgan fingerprint density at radius 3 is 2.39 bits per heavy atom. The number of hydrogen-bond donors (Lipinski definition) is 2. The molecular weight excluding hydrogens is 447 g/mol. The number of nitrogens with one attached hydrogen (secondary N) is 2. The fourth-order valence-corrected chi connectivity index (χ4v) is 4.70. The lowest BCUT2D eigenvalue weighted by Crippen LogP contribution is -2.45. The van der Waals surface area contributed by atoms with Crippen molar-refractivity contribution in [2.24, 2.45) is 0 Å². The zero-order chi connectivity index (χ0) is 23.3. The fraction of sp³-hybridized carbons (Fsp3) is 0.208. The lowest BCUT2D eigenvalue weighted by Gasteiger charge is -2.19. The van der Waals surface area contributed by atoms with Crippen LogP contribution >= 0.6 is 0 Å². The van der Waals surface area contributed by atoms with Crippen LogP contribution in [0.2, 0.25) is 0 Å². The highest BCUT2D eigenvalue weighted by atomic mass is 32.2. The number of fused-ring (bicyclic) bond motifs is 1. The summed E-state index contributed by atoms with van der Waals surface area (Å²) in [6, 6.07) is 17.8. The van der Waals surface area contributed by atoms with Crippen molar-refractivity contribution in [3.63, 3.8) is 0 Å². The number of benzene rings is 3. The molecule has 1 amide bonds. The standard InChI is InChI=1S/C24H23FN2O5S/c25-19-9-4-5-10-23(19)33(29,30)27-20(15-17-7-2-1-3-8-17)24(28)26-18-11-12-21-22(16-18)32-14-6-13-31-21/h1-5,7-12,16,20,27H,6,13-15H2,(H,26,28). The maximum atomic E-state index is 14.2. The monoisotopic (exact) mass is 470 g/mol. The van der Waals surface area contributed by atoms with E-state index in [1.54, 1.807) is 42.5 Å². The molecule has 0 spiro atoms. The Morgan fingerprint density at radius 2 is 1.64 bits per heavy atom. The van der Waals surface area contributed by atoms with Crippen LogP contribution < -0.4 is 19.5 Å². The number of carbonyl (C=O) groups excluding carboxylic acids is 1. The van der Waals surface area contributed by atoms with Gasteiger partial charge in [0.15, 0.2) is 11.5 Å². The number of amides is 1. The summed E-state index contributed by atoms with van der Waals surface area (Å²) in [5.41, 5.74) is 1.17. The Kier molecular flexibility index (Phi) is 6.90. The molecule has 1 atom stereocenters. The first kappa shape index (κ1) is 22.8. The van der Waals surface area contributed by atoms with Crippen molar-refractivity contribution < 1.29 is 27.1 Å². The second-order valence-corrected chi connectivity index (χ2v) is 9.18. The van der Waals surface area contributed by atoms with Crippen LogP contribution in [0.1, 0.15) is 12.0 Å². The summed E-state index contributed by atoms with van der Waals surface area (Å²) < 4.78 is 53.5. The first-order valence-electron chi connectivity index (χ1n) is 10.4. The average Bonchev–Trinajstić information content (AvgIpc) is 3.04. The minimum absolute atomic E-state index is 0.0743. The molecule has 1 heterocycles. The molecule has 9 heteroatoms. The molecule has 4 rings (SSSR count). The molecule has 0 aromatic heterocycles. The maximum absolute atomic E-state index is 14.2. The zero-order valence-electron chi connectivity index (χ0n) is 17.7. The van der Waals surface area contributed by atoms with Crippen LogP contribution in [0.15, 0.2) is 77.7 Å². The third-order valence-electron chi connectivity index (χ3n) is 5.04. The van der Waals surface area contributed by atoms with Gasteiger partial charge in [-0.15, -0.1) is 0 Å². The molecule has 0 aliphatic carbocycles. The van der Waals surface area contributed by atoms with Gasteiger partial charge in [-0.1, -0.05) is 42.5 Å². The van der Waals surface area contributed by atoms with Crippen LogP contribution in [0.3, 0.4) is 0 Å². The topological polar surface area (TPSA) is 93.7 Å². The van der Waals surface area contributed by atoms with Crippen molar-refractivity contribution in [1.82, 2.24) is 4.72 Å². The second-order valence-electron chi connectivity index (χ2n) is 7.50. The van der Waals surface area contributed by atoms with Gasteiger partial charge in [0.1, 0.15) is 16.8 Å². The minimum atomic E-state index is -4.30. The zero-order valence-corrected chi connectivity index (χ0v) is 18.5. The highest BCUT2D eigenvalue weighted by Gasteiger charge is 2.28. The largest absolute Gasteiger partial charge is 0.490 e. The van der Waals surface area contributed by atoms with Gasteiger partial charge in [0.2, 0.25) is 15.9 Å². The molecule has 0 fully saturated rings. The number of carbonyl (C=O) groups is 1. The van der Waals surface area contributed by atoms with E-state index in [-0.39, 0.29) is 6.42 Å². The maximum Gasteiger partial charge on any atom is 0.244 e. The van der Waals surface area contributed by atoms with Gasteiger partial charge in [0.25, 0.3) is 0 Å². The van der Waals surface area contributed by atoms with E-state index in [2.05, 4.69) is 10.0 Å². The molecule has 0 bridgehead atoms. The lowest BCUT2D eigenvalue weighted by atomic mass is 10.1. The molecular formula is C24H23FN2O5S. The summed E-state index contributed by atoms with van der Waals surface area (Å²) in [6.07, 6.45) is 0.818. The number of rotatable bonds is 7. The molecule has 3 aromatic rings. The van der Waals surface area contributed by atoms with E-state index < -0.39 is 32.7 Å². The number of hydrogen-bond acceptors (Lipinski definition) is 5. The first-order chi connectivity index (χ1) is 15.9. The van der Waals surface area contributed by atoms with Crippen LogP contribution in [0.5, 0.6) is 11.5 Å². The lowest BCUT2D eigenvalue weighted by molar-refractivity contribution is -0.117. The minimum Gasteiger partial charge on any atom is -0.490 e. The van der Waals surface area contributed by atoms with Crippen LogP contribution in [0, 0.1) is 5.82 Å². The Bertz CT molecular complexity index is 1230. The SMILES string of the molecule is O=C(Nc1ccc2c(c1)OCCCO2)C(Cc1ccccc1)NS(=O)(=O)c1ccccc1F. The normalized spacial score (nSPS) is 14.2. The van der Waals surface area contributed by atoms with Gasteiger partial charge >= 0.3 is 0 Å². The molecule has 0 saturated heterocycles. The quantitative estimate of drug-likeness (QED) is 0.551. The molecule has 2 N–H and O–H groups in total. The van der Waals surface area contributed by atoms with Crippen LogP contribution in [0.4, 0.5) is 10.1 Å². The number of anilines is 1. The van der Waals surface area contributed by atoms with Gasteiger partial charge in [-0.05, 0) is 36.2 Å². The van der Waals surface area contributed by atoms with Crippen molar-refractivity contribution in [3.8, 4) is 11.5 Å². The highest BCUT2D eigenvalue weighted by Crippen LogP contribution is 2.32. The van der Waals surface area contributed by atoms with Gasteiger partial charge in [-0.3, -0.25) is 4.79 Å². The van der Waals surface area contributed by atoms with E-state index in [1.807, 2.05) is 6.07 Å². The van der Waals surface area contributed by atoms with Crippen molar-refractivity contribution in [3.05, 3.63) is 84.2 Å². The van der Waals surface area contributed by atoms with Crippen molar-refractivity contribution in [2.45, 2.75) is 23.8 Å². The fourth-order valence-electron chi connectivity index (χ4n) is 3.42. The average molecular weight is 471 g/mol. The summed E-state index contributed by atoms with van der Waals surface area (Å²) in [5, 5.41) is 2.73. The third-order valence-corrected chi connectivity index (χ3v) is 6.54. The Labute approximate surface area is 191 Å². The third kappa shape index (κ3) is 5.68. The van der Waals surface area contributed by atoms with Crippen LogP contribution in [-0.4, -0.2) is 33.6 Å². The molecule has 3 aromatic carbocycles. The molecule has 1 aliphatic rings. The molecule has 1 unspecified atom stereocenters. The van der Waals surface area contributed by atoms with Gasteiger partial charge in [0, 0.05) is 18.2 Å². The number of sulfonamides is 1. The van der Waals surface area contributed by atoms with Crippen molar-refractivity contribution in [1.29, 1.82) is 0 Å². The number of ether oxygens (including phenoxy) is 2. The van der Waals surface area contributed by atoms with E-state index >= 15 is 0 Å². The predicted octanol–water partition coefficient (Wildman–Crippen LogP) is 3.52. The van der Waals surface area contributed by atoms with Crippen molar-refractivity contribution >= 4 is 21.6 Å². The molecule has 0 radical (unpaired) electrons. The van der Waals surface area contributed by atoms with Crippen LogP contribution in [0.25, 0.3) is 0 Å². The van der Waals surface area contributed by atoms with Gasteiger partial charge in [-0.2, -0.15) is 4.72 Å². The molecule has 1 aliphatic heterocycles. The highest BCUT2D eigenvalue weighted by molar-refractivity contribution is 7.89. The number of halogens is 1. The summed E-state index contributed by atoms with van der Waals surface area (Å²) in [6.45, 7) is 1.03. The summed E-state index contributed by atoms with van der Waals surface area (Å²) in [5.74, 6) is -0.413. The van der Waals surface area contributed by atoms with Gasteiger partial charge < -0.3 is 14.8 Å². The Balaban J connectivity index is 1.58. The summed E-state index contributed by atoms with van der Waals surface area (Å²) >= 11 is 0. The van der Waals surface area contributed by atoms with E-state index in [1.165, 1.54) is 12.1 Å². The Morgan fingerprint density at radius 1 is 0.939 bits per heavy atom. The molecule has 7 nitrogen and oxygen atoms in total. The van der Waals surface area contributed by atoms with E-state index in [4.69, 9.17) is 9.47 Å². The summed E-state index contributed by atoms with van der Waals surface area (Å²) in [4.78, 5) is 12.6. The van der Waals surface area contributed by atoms with Gasteiger partial charge in [0.05, 0.1) is 13.2 Å². The molecule has 172 valence electrons. The van der Waals surface area contributed by atoms with Gasteiger partial charge in [-0.25, -0.2) is 12.8 Å². The summed E-state index contributed by atoms with van der Waals surface area (Å²) in [7, 11) is -4.30. The molecule has 33 heavy (non-hydrogen) atoms. The smallest absolute Gasteiger partial charge is 0.244 e. The predicted molar refractivity (Wildman–Crippen MR) is 121 cm³/mol. The Hall–Kier alpha value is -3.43. The first-order valence-corrected chi connectivity index (χ1v) is 11.9. The van der Waals surface area contributed by atoms with E-state index in [0.29, 0.717) is 30.4 Å². The second kappa shape index (κ2) is 10.0. The van der Waals surface area contributed by atoms with Crippen molar-refractivity contribution in [2.75, 3.05) is 18.5 Å². The van der Waals surface area contributed by atoms with E-state index in [0.717, 1.165) is 24.1 Å². The van der Waals surface area contributed by atoms with Crippen LogP contribution in [-0.2, 0) is 21.2 Å².